The van der Waals surface area contributed by atoms with Gasteiger partial charge in [-0.1, -0.05) is 25.1 Å². The number of carbonyl (C=O) groups excluding carboxylic acids is 2. The molecular formula is C34H47NO11. The molecule has 6 fully saturated rings. The molecule has 3 N–H and O–H groups in total. The lowest BCUT2D eigenvalue weighted by Gasteiger charge is -2.70. The first-order valence-electron chi connectivity index (χ1n) is 16.3. The van der Waals surface area contributed by atoms with E-state index in [-0.39, 0.29) is 25.0 Å². The van der Waals surface area contributed by atoms with Gasteiger partial charge in [-0.3, -0.25) is 9.69 Å². The van der Waals surface area contributed by atoms with E-state index in [4.69, 9.17) is 28.4 Å². The molecule has 1 aliphatic heterocycles. The van der Waals surface area contributed by atoms with Crippen LogP contribution in [0.1, 0.15) is 37.0 Å². The number of nitrogens with zero attached hydrogens (tertiary/aromatic N) is 1. The predicted molar refractivity (Wildman–Crippen MR) is 160 cm³/mol. The number of carbonyl (C=O) groups is 2. The predicted octanol–water partition coefficient (Wildman–Crippen LogP) is 0.648. The number of aliphatic hydroxyl groups is 3. The van der Waals surface area contributed by atoms with Crippen molar-refractivity contribution in [2.45, 2.75) is 80.6 Å². The van der Waals surface area contributed by atoms with Crippen molar-refractivity contribution in [2.75, 3.05) is 48.1 Å². The fraction of sp³-hybridized carbons (Fsp3) is 0.765. The number of esters is 2. The van der Waals surface area contributed by atoms with Gasteiger partial charge < -0.3 is 43.7 Å². The third-order valence-electron chi connectivity index (χ3n) is 13.2. The van der Waals surface area contributed by atoms with E-state index in [1.807, 2.05) is 6.92 Å². The van der Waals surface area contributed by atoms with E-state index >= 15 is 0 Å². The Morgan fingerprint density at radius 1 is 1.00 bits per heavy atom. The van der Waals surface area contributed by atoms with Crippen molar-refractivity contribution in [3.8, 4) is 0 Å². The van der Waals surface area contributed by atoms with Crippen LogP contribution in [0.3, 0.4) is 0 Å². The van der Waals surface area contributed by atoms with Crippen LogP contribution >= 0.6 is 0 Å². The van der Waals surface area contributed by atoms with Crippen LogP contribution < -0.4 is 0 Å². The van der Waals surface area contributed by atoms with Gasteiger partial charge in [0.25, 0.3) is 0 Å². The highest BCUT2D eigenvalue weighted by Crippen LogP contribution is 2.80. The normalized spacial score (nSPS) is 49.9. The van der Waals surface area contributed by atoms with Crippen LogP contribution in [-0.4, -0.2) is 134 Å². The number of aliphatic hydroxyl groups excluding tert-OH is 2. The monoisotopic (exact) mass is 645 g/mol. The zero-order valence-electron chi connectivity index (χ0n) is 27.3. The van der Waals surface area contributed by atoms with Gasteiger partial charge in [0.2, 0.25) is 0 Å². The fourth-order valence-electron chi connectivity index (χ4n) is 12.3. The summed E-state index contributed by atoms with van der Waals surface area (Å²) in [5.74, 6) is -3.65. The Bertz CT molecular complexity index is 1360. The van der Waals surface area contributed by atoms with Gasteiger partial charge in [-0.15, -0.1) is 0 Å². The molecule has 5 saturated carbocycles. The Hall–Kier alpha value is -2.16. The molecule has 1 aromatic carbocycles. The first kappa shape index (κ1) is 32.4. The van der Waals surface area contributed by atoms with Crippen LogP contribution in [0.15, 0.2) is 30.3 Å². The minimum atomic E-state index is -1.83. The molecule has 0 radical (unpaired) electrons. The lowest BCUT2D eigenvalue weighted by atomic mass is 9.42. The maximum absolute atomic E-state index is 13.8. The smallest absolute Gasteiger partial charge is 0.338 e. The second kappa shape index (κ2) is 10.9. The molecule has 15 atom stereocenters. The standard InChI is InChI=1S/C34H47NO11/c1-7-35-15-31(16-41-3)20(37)13-21(42-4)33-19-14-32(40)28(45-30(39)18-11-9-8-10-12-18)22(19)34(46-17(2)36,27(38)29(32)44-6)23(26(33)35)24(43-5)25(31)33/h8-12,19-29,37-38,40H,7,13-16H2,1-6H3/t19-,20-,21+,22-,23-,24+,25-,26-,27+,28-,29+,31+,32-,33+,34-/m1/s1. The summed E-state index contributed by atoms with van der Waals surface area (Å²) >= 11 is 0. The van der Waals surface area contributed by atoms with E-state index in [0.29, 0.717) is 25.1 Å². The summed E-state index contributed by atoms with van der Waals surface area (Å²) < 4.78 is 37.4. The van der Waals surface area contributed by atoms with E-state index in [1.54, 1.807) is 51.7 Å². The van der Waals surface area contributed by atoms with Crippen molar-refractivity contribution in [1.29, 1.82) is 0 Å². The first-order chi connectivity index (χ1) is 22.0. The van der Waals surface area contributed by atoms with Gasteiger partial charge in [-0.2, -0.15) is 0 Å². The highest BCUT2D eigenvalue weighted by atomic mass is 16.6. The van der Waals surface area contributed by atoms with Crippen LogP contribution in [0.2, 0.25) is 0 Å². The maximum atomic E-state index is 13.8. The minimum absolute atomic E-state index is 0.0791. The maximum Gasteiger partial charge on any atom is 0.338 e. The Balaban J connectivity index is 1.53. The minimum Gasteiger partial charge on any atom is -0.455 e. The van der Waals surface area contributed by atoms with Crippen molar-refractivity contribution in [3.63, 3.8) is 0 Å². The molecule has 0 amide bonds. The van der Waals surface area contributed by atoms with Crippen LogP contribution in [0.25, 0.3) is 0 Å². The second-order valence-corrected chi connectivity index (χ2v) is 14.4. The van der Waals surface area contributed by atoms with Gasteiger partial charge in [0.1, 0.15) is 23.9 Å². The Kier molecular flexibility index (Phi) is 7.69. The van der Waals surface area contributed by atoms with Crippen molar-refractivity contribution in [2.24, 2.45) is 34.5 Å². The van der Waals surface area contributed by atoms with E-state index < -0.39 is 88.3 Å². The molecule has 12 nitrogen and oxygen atoms in total. The molecule has 1 spiro atoms. The molecule has 1 aromatic rings. The summed E-state index contributed by atoms with van der Waals surface area (Å²) in [6.07, 6.45) is -5.49. The van der Waals surface area contributed by atoms with Gasteiger partial charge in [-0.05, 0) is 31.0 Å². The second-order valence-electron chi connectivity index (χ2n) is 14.4. The molecule has 0 unspecified atom stereocenters. The van der Waals surface area contributed by atoms with Crippen molar-refractivity contribution < 1.29 is 53.3 Å². The number of likely N-dealkylation sites (tertiary alicyclic amines) is 1. The lowest BCUT2D eigenvalue weighted by molar-refractivity contribution is -0.322. The molecule has 12 heteroatoms. The van der Waals surface area contributed by atoms with Crippen LogP contribution in [-0.2, 0) is 33.2 Å². The number of ether oxygens (including phenoxy) is 6. The molecule has 6 aliphatic rings. The average Bonchev–Trinajstić information content (AvgIpc) is 3.41. The molecular weight excluding hydrogens is 598 g/mol. The third-order valence-corrected chi connectivity index (χ3v) is 13.2. The molecule has 0 aromatic heterocycles. The average molecular weight is 646 g/mol. The molecule has 1 heterocycles. The molecule has 5 aliphatic carbocycles. The van der Waals surface area contributed by atoms with Crippen molar-refractivity contribution >= 4 is 11.9 Å². The largest absolute Gasteiger partial charge is 0.455 e. The molecule has 7 rings (SSSR count). The van der Waals surface area contributed by atoms with Crippen LogP contribution in [0.4, 0.5) is 0 Å². The Morgan fingerprint density at radius 3 is 2.30 bits per heavy atom. The van der Waals surface area contributed by atoms with Crippen molar-refractivity contribution in [3.05, 3.63) is 35.9 Å². The molecule has 254 valence electrons. The quantitative estimate of drug-likeness (QED) is 0.323. The number of hydrogen-bond donors (Lipinski definition) is 3. The zero-order valence-corrected chi connectivity index (χ0v) is 27.3. The van der Waals surface area contributed by atoms with E-state index in [2.05, 4.69) is 4.90 Å². The number of piperidine rings is 1. The topological polar surface area (TPSA) is 153 Å². The fourth-order valence-corrected chi connectivity index (χ4v) is 12.3. The summed E-state index contributed by atoms with van der Waals surface area (Å²) in [5, 5.41) is 37.3. The summed E-state index contributed by atoms with van der Waals surface area (Å²) in [6, 6.07) is 8.18. The first-order valence-corrected chi connectivity index (χ1v) is 16.3. The molecule has 7 bridgehead atoms. The van der Waals surface area contributed by atoms with Gasteiger partial charge in [0.15, 0.2) is 5.60 Å². The van der Waals surface area contributed by atoms with Crippen LogP contribution in [0.5, 0.6) is 0 Å². The molecule has 1 saturated heterocycles. The molecule has 46 heavy (non-hydrogen) atoms. The number of methoxy groups -OCH3 is 4. The highest BCUT2D eigenvalue weighted by molar-refractivity contribution is 5.89. The number of fused-ring (bicyclic) bond motifs is 2. The van der Waals surface area contributed by atoms with E-state index in [0.717, 1.165) is 0 Å². The Morgan fingerprint density at radius 2 is 1.72 bits per heavy atom. The van der Waals surface area contributed by atoms with Gasteiger partial charge >= 0.3 is 11.9 Å². The van der Waals surface area contributed by atoms with Gasteiger partial charge in [-0.25, -0.2) is 4.79 Å². The zero-order chi connectivity index (χ0) is 33.0. The highest BCUT2D eigenvalue weighted by Gasteiger charge is 2.92. The summed E-state index contributed by atoms with van der Waals surface area (Å²) in [4.78, 5) is 29.3. The van der Waals surface area contributed by atoms with Gasteiger partial charge in [0, 0.05) is 83.0 Å². The summed E-state index contributed by atoms with van der Waals surface area (Å²) in [6.45, 7) is 4.68. The summed E-state index contributed by atoms with van der Waals surface area (Å²) in [5.41, 5.74) is -4.79. The summed E-state index contributed by atoms with van der Waals surface area (Å²) in [7, 11) is 6.27. The SMILES string of the molecule is CCN1C[C@]2(COC)[C@H](O)C[C@H](OC)[C@@]34[C@@H]5C[C@@]6(O)[C@H](OC(=O)c7ccccc7)[C@@H]5[C@@](OC(C)=O)([C@H]([C@H](OC)[C@H]23)[C@@H]14)[C@@H](O)[C@@H]6OC. The Labute approximate surface area is 269 Å². The lowest BCUT2D eigenvalue weighted by Crippen LogP contribution is -2.81. The number of rotatable bonds is 9. The van der Waals surface area contributed by atoms with E-state index in [1.165, 1.54) is 14.0 Å². The number of hydrogen-bond acceptors (Lipinski definition) is 12. The van der Waals surface area contributed by atoms with Crippen LogP contribution in [0, 0.1) is 34.5 Å². The van der Waals surface area contributed by atoms with E-state index in [9.17, 15) is 24.9 Å². The van der Waals surface area contributed by atoms with Crippen molar-refractivity contribution in [1.82, 2.24) is 4.90 Å². The van der Waals surface area contributed by atoms with Gasteiger partial charge in [0.05, 0.1) is 30.5 Å². The third kappa shape index (κ3) is 3.62. The number of benzene rings is 1.